The quantitative estimate of drug-likeness (QED) is 0.900. The van der Waals surface area contributed by atoms with Crippen molar-refractivity contribution in [2.75, 3.05) is 5.32 Å². The van der Waals surface area contributed by atoms with Gasteiger partial charge in [-0.25, -0.2) is 12.8 Å². The van der Waals surface area contributed by atoms with Gasteiger partial charge in [0.25, 0.3) is 5.91 Å². The van der Waals surface area contributed by atoms with Crippen molar-refractivity contribution in [1.82, 2.24) is 0 Å². The van der Waals surface area contributed by atoms with Crippen molar-refractivity contribution in [1.29, 1.82) is 0 Å². The molecule has 0 heterocycles. The Hall–Kier alpha value is -2.06. The Balaban J connectivity index is 2.21. The molecule has 0 saturated carbocycles. The third kappa shape index (κ3) is 3.83. The van der Waals surface area contributed by atoms with Crippen molar-refractivity contribution in [3.8, 4) is 0 Å². The zero-order valence-corrected chi connectivity index (χ0v) is 12.8. The fourth-order valence-corrected chi connectivity index (χ4v) is 2.56. The second kappa shape index (κ2) is 6.59. The highest BCUT2D eigenvalue weighted by Crippen LogP contribution is 2.21. The van der Waals surface area contributed by atoms with Crippen molar-refractivity contribution in [3.05, 3.63) is 58.9 Å². The minimum atomic E-state index is -4.73. The molecule has 0 radical (unpaired) electrons. The van der Waals surface area contributed by atoms with Gasteiger partial charge < -0.3 is 5.32 Å². The molecule has 2 rings (SSSR count). The summed E-state index contributed by atoms with van der Waals surface area (Å²) in [7, 11) is -4.73. The molecule has 4 nitrogen and oxygen atoms in total. The minimum Gasteiger partial charge on any atom is -0.319 e. The molecule has 0 bridgehead atoms. The smallest absolute Gasteiger partial charge is 0.319 e. The van der Waals surface area contributed by atoms with Gasteiger partial charge in [-0.1, -0.05) is 11.6 Å². The molecule has 0 aliphatic rings. The molecule has 0 spiro atoms. The Morgan fingerprint density at radius 3 is 2.22 bits per heavy atom. The number of alkyl halides is 2. The van der Waals surface area contributed by atoms with E-state index < -0.39 is 32.2 Å². The average molecular weight is 364 g/mol. The van der Waals surface area contributed by atoms with E-state index in [4.69, 9.17) is 11.6 Å². The zero-order chi connectivity index (χ0) is 17.2. The van der Waals surface area contributed by atoms with Crippen LogP contribution in [0.25, 0.3) is 0 Å². The predicted molar refractivity (Wildman–Crippen MR) is 79.0 cm³/mol. The van der Waals surface area contributed by atoms with Gasteiger partial charge in [0.2, 0.25) is 9.84 Å². The lowest BCUT2D eigenvalue weighted by Crippen LogP contribution is -2.14. The lowest BCUT2D eigenvalue weighted by atomic mass is 10.2. The second-order valence-electron chi connectivity index (χ2n) is 4.41. The third-order valence-electron chi connectivity index (χ3n) is 2.86. The van der Waals surface area contributed by atoms with Gasteiger partial charge in [-0.05, 0) is 42.5 Å². The van der Waals surface area contributed by atoms with Gasteiger partial charge in [-0.2, -0.15) is 8.78 Å². The summed E-state index contributed by atoms with van der Waals surface area (Å²) >= 11 is 5.59. The fraction of sp³-hybridized carbons (Fsp3) is 0.0714. The highest BCUT2D eigenvalue weighted by Gasteiger charge is 2.26. The molecule has 0 fully saturated rings. The van der Waals surface area contributed by atoms with Crippen LogP contribution in [0, 0.1) is 5.82 Å². The number of hydrogen-bond donors (Lipinski definition) is 1. The van der Waals surface area contributed by atoms with Gasteiger partial charge in [0.05, 0.1) is 10.6 Å². The van der Waals surface area contributed by atoms with Crippen LogP contribution in [0.15, 0.2) is 47.4 Å². The van der Waals surface area contributed by atoms with Crippen LogP contribution in [0.3, 0.4) is 0 Å². The summed E-state index contributed by atoms with van der Waals surface area (Å²) in [6.45, 7) is 0. The van der Waals surface area contributed by atoms with Crippen LogP contribution < -0.4 is 5.32 Å². The first kappa shape index (κ1) is 17.3. The number of amides is 1. The van der Waals surface area contributed by atoms with Crippen molar-refractivity contribution in [2.45, 2.75) is 10.7 Å². The molecule has 0 atom stereocenters. The maximum absolute atomic E-state index is 13.6. The maximum Gasteiger partial charge on any atom is 0.341 e. The van der Waals surface area contributed by atoms with Crippen LogP contribution in [-0.2, 0) is 9.84 Å². The summed E-state index contributed by atoms with van der Waals surface area (Å²) in [5.74, 6) is -5.03. The Morgan fingerprint density at radius 2 is 1.70 bits per heavy atom. The summed E-state index contributed by atoms with van der Waals surface area (Å²) in [5.41, 5.74) is -0.142. The number of hydrogen-bond acceptors (Lipinski definition) is 3. The monoisotopic (exact) mass is 363 g/mol. The molecular weight excluding hydrogens is 355 g/mol. The summed E-state index contributed by atoms with van der Waals surface area (Å²) in [6, 6.07) is 7.51. The Labute approximate surface area is 134 Å². The molecule has 2 aromatic rings. The molecule has 1 amide bonds. The number of benzene rings is 2. The van der Waals surface area contributed by atoms with E-state index in [1.807, 2.05) is 0 Å². The van der Waals surface area contributed by atoms with Gasteiger partial charge in [-0.3, -0.25) is 4.79 Å². The van der Waals surface area contributed by atoms with E-state index in [-0.39, 0.29) is 16.3 Å². The summed E-state index contributed by atoms with van der Waals surface area (Å²) < 4.78 is 60.9. The van der Waals surface area contributed by atoms with E-state index in [0.29, 0.717) is 0 Å². The van der Waals surface area contributed by atoms with Gasteiger partial charge >= 0.3 is 5.76 Å². The molecule has 0 aliphatic carbocycles. The molecule has 2 aromatic carbocycles. The standard InChI is InChI=1S/C14H9ClF3NO3S/c15-9-3-6-12(11(16)7-9)19-13(20)8-1-4-10(5-2-8)23(21,22)14(17)18/h1-7,14H,(H,19,20). The largest absolute Gasteiger partial charge is 0.341 e. The molecule has 0 aromatic heterocycles. The highest BCUT2D eigenvalue weighted by molar-refractivity contribution is 7.91. The number of sulfone groups is 1. The molecule has 122 valence electrons. The Morgan fingerprint density at radius 1 is 1.09 bits per heavy atom. The van der Waals surface area contributed by atoms with Crippen LogP contribution in [0.1, 0.15) is 10.4 Å². The number of carbonyl (C=O) groups is 1. The van der Waals surface area contributed by atoms with E-state index in [9.17, 15) is 26.4 Å². The Bertz CT molecular complexity index is 839. The van der Waals surface area contributed by atoms with Crippen LogP contribution in [-0.4, -0.2) is 20.1 Å². The molecule has 0 saturated heterocycles. The van der Waals surface area contributed by atoms with Crippen LogP contribution in [0.2, 0.25) is 5.02 Å². The van der Waals surface area contributed by atoms with Crippen LogP contribution >= 0.6 is 11.6 Å². The SMILES string of the molecule is O=C(Nc1ccc(Cl)cc1F)c1ccc(S(=O)(=O)C(F)F)cc1. The van der Waals surface area contributed by atoms with E-state index in [1.165, 1.54) is 12.1 Å². The van der Waals surface area contributed by atoms with Crippen LogP contribution in [0.4, 0.5) is 18.9 Å². The van der Waals surface area contributed by atoms with Crippen LogP contribution in [0.5, 0.6) is 0 Å². The van der Waals surface area contributed by atoms with E-state index in [1.54, 1.807) is 0 Å². The highest BCUT2D eigenvalue weighted by atomic mass is 35.5. The zero-order valence-electron chi connectivity index (χ0n) is 11.3. The molecular formula is C14H9ClF3NO3S. The molecule has 9 heteroatoms. The van der Waals surface area contributed by atoms with Crippen molar-refractivity contribution < 1.29 is 26.4 Å². The third-order valence-corrected chi connectivity index (χ3v) is 4.49. The number of anilines is 1. The maximum atomic E-state index is 13.6. The number of carbonyl (C=O) groups excluding carboxylic acids is 1. The Kier molecular flexibility index (Phi) is 4.96. The van der Waals surface area contributed by atoms with Gasteiger partial charge in [0.1, 0.15) is 5.82 Å². The molecule has 23 heavy (non-hydrogen) atoms. The average Bonchev–Trinajstić information content (AvgIpc) is 2.50. The minimum absolute atomic E-state index is 0.0208. The van der Waals surface area contributed by atoms with Gasteiger partial charge in [-0.15, -0.1) is 0 Å². The van der Waals surface area contributed by atoms with Crippen molar-refractivity contribution in [2.24, 2.45) is 0 Å². The van der Waals surface area contributed by atoms with Gasteiger partial charge in [0.15, 0.2) is 0 Å². The topological polar surface area (TPSA) is 63.2 Å². The first-order valence-electron chi connectivity index (χ1n) is 6.10. The number of rotatable bonds is 4. The van der Waals surface area contributed by atoms with Crippen molar-refractivity contribution >= 4 is 33.0 Å². The lowest BCUT2D eigenvalue weighted by Gasteiger charge is -2.08. The molecule has 0 aliphatic heterocycles. The number of nitrogens with one attached hydrogen (secondary N) is 1. The molecule has 0 unspecified atom stereocenters. The summed E-state index contributed by atoms with van der Waals surface area (Å²) in [5, 5.41) is 2.42. The summed E-state index contributed by atoms with van der Waals surface area (Å²) in [4.78, 5) is 11.3. The lowest BCUT2D eigenvalue weighted by molar-refractivity contribution is 0.102. The second-order valence-corrected chi connectivity index (χ2v) is 6.76. The predicted octanol–water partition coefficient (Wildman–Crippen LogP) is 3.73. The fourth-order valence-electron chi connectivity index (χ4n) is 1.68. The summed E-state index contributed by atoms with van der Waals surface area (Å²) in [6.07, 6.45) is 0. The van der Waals surface area contributed by atoms with E-state index in [0.717, 1.165) is 30.3 Å². The van der Waals surface area contributed by atoms with E-state index >= 15 is 0 Å². The normalized spacial score (nSPS) is 11.5. The molecule has 1 N–H and O–H groups in total. The number of halogens is 4. The van der Waals surface area contributed by atoms with Crippen molar-refractivity contribution in [3.63, 3.8) is 0 Å². The van der Waals surface area contributed by atoms with E-state index in [2.05, 4.69) is 5.32 Å². The first-order valence-corrected chi connectivity index (χ1v) is 8.03. The first-order chi connectivity index (χ1) is 10.7. The van der Waals surface area contributed by atoms with Gasteiger partial charge in [0, 0.05) is 10.6 Å².